The number of aromatic nitrogens is 3. The van der Waals surface area contributed by atoms with Crippen molar-refractivity contribution >= 4 is 11.6 Å². The number of fused-ring (bicyclic) bond motifs is 1. The van der Waals surface area contributed by atoms with Crippen molar-refractivity contribution in [2.45, 2.75) is 39.7 Å². The van der Waals surface area contributed by atoms with Gasteiger partial charge in [0.15, 0.2) is 5.65 Å². The molecule has 0 aliphatic heterocycles. The summed E-state index contributed by atoms with van der Waals surface area (Å²) in [4.78, 5) is 4.45. The molecule has 2 heterocycles. The van der Waals surface area contributed by atoms with Gasteiger partial charge in [-0.15, -0.1) is 5.10 Å². The first-order chi connectivity index (χ1) is 7.52. The van der Waals surface area contributed by atoms with Crippen molar-refractivity contribution in [3.05, 3.63) is 23.9 Å². The third kappa shape index (κ3) is 2.01. The summed E-state index contributed by atoms with van der Waals surface area (Å²) in [5.41, 5.74) is 2.00. The van der Waals surface area contributed by atoms with E-state index < -0.39 is 0 Å². The van der Waals surface area contributed by atoms with Crippen LogP contribution in [0.2, 0.25) is 0 Å². The average Bonchev–Trinajstić information content (AvgIpc) is 2.61. The van der Waals surface area contributed by atoms with Gasteiger partial charge in [-0.3, -0.25) is 0 Å². The van der Waals surface area contributed by atoms with Crippen molar-refractivity contribution in [1.29, 1.82) is 0 Å². The molecule has 0 unspecified atom stereocenters. The number of aryl methyl sites for hydroxylation is 1. The smallest absolute Gasteiger partial charge is 0.243 e. The largest absolute Gasteiger partial charge is 0.348 e. The van der Waals surface area contributed by atoms with Crippen LogP contribution >= 0.6 is 0 Å². The predicted molar refractivity (Wildman–Crippen MR) is 65.7 cm³/mol. The van der Waals surface area contributed by atoms with E-state index in [0.29, 0.717) is 5.95 Å². The van der Waals surface area contributed by atoms with E-state index in [2.05, 4.69) is 36.2 Å². The molecule has 86 valence electrons. The van der Waals surface area contributed by atoms with Gasteiger partial charge in [0.2, 0.25) is 5.95 Å². The number of pyridine rings is 1. The Morgan fingerprint density at radius 2 is 2.12 bits per heavy atom. The third-order valence-corrected chi connectivity index (χ3v) is 2.88. The van der Waals surface area contributed by atoms with Gasteiger partial charge in [0.05, 0.1) is 0 Å². The molecule has 2 aromatic rings. The Bertz CT molecular complexity index is 499. The van der Waals surface area contributed by atoms with Gasteiger partial charge in [-0.2, -0.15) is 4.98 Å². The number of hydrogen-bond donors (Lipinski definition) is 1. The molecule has 0 atom stereocenters. The molecule has 0 spiro atoms. The molecule has 0 aliphatic rings. The molecule has 2 rings (SSSR count). The summed E-state index contributed by atoms with van der Waals surface area (Å²) in [6.45, 7) is 8.46. The number of anilines is 1. The molecule has 1 N–H and O–H groups in total. The lowest BCUT2D eigenvalue weighted by Gasteiger charge is -2.23. The Labute approximate surface area is 95.7 Å². The molecule has 0 radical (unpaired) electrons. The van der Waals surface area contributed by atoms with Crippen molar-refractivity contribution in [1.82, 2.24) is 14.6 Å². The molecule has 4 nitrogen and oxygen atoms in total. The first kappa shape index (κ1) is 10.9. The Balaban J connectivity index is 2.37. The molecule has 0 saturated carbocycles. The molecule has 0 saturated heterocycles. The minimum absolute atomic E-state index is 0.0266. The van der Waals surface area contributed by atoms with E-state index in [-0.39, 0.29) is 5.54 Å². The monoisotopic (exact) mass is 218 g/mol. The fourth-order valence-corrected chi connectivity index (χ4v) is 1.48. The fraction of sp³-hybridized carbons (Fsp3) is 0.500. The van der Waals surface area contributed by atoms with E-state index in [1.807, 2.05) is 29.6 Å². The lowest BCUT2D eigenvalue weighted by molar-refractivity contribution is 0.542. The second kappa shape index (κ2) is 3.77. The van der Waals surface area contributed by atoms with E-state index in [0.717, 1.165) is 17.8 Å². The van der Waals surface area contributed by atoms with E-state index in [1.54, 1.807) is 0 Å². The number of rotatable bonds is 3. The lowest BCUT2D eigenvalue weighted by atomic mass is 10.0. The average molecular weight is 218 g/mol. The van der Waals surface area contributed by atoms with Crippen LogP contribution in [0.5, 0.6) is 0 Å². The van der Waals surface area contributed by atoms with Crippen molar-refractivity contribution in [3.8, 4) is 0 Å². The maximum Gasteiger partial charge on any atom is 0.243 e. The van der Waals surface area contributed by atoms with Gasteiger partial charge in [0, 0.05) is 11.2 Å². The van der Waals surface area contributed by atoms with Crippen LogP contribution in [0, 0.1) is 6.92 Å². The Morgan fingerprint density at radius 1 is 1.38 bits per heavy atom. The minimum atomic E-state index is 0.0266. The molecule has 4 heteroatoms. The highest BCUT2D eigenvalue weighted by Gasteiger charge is 2.17. The van der Waals surface area contributed by atoms with Crippen LogP contribution in [-0.2, 0) is 0 Å². The highest BCUT2D eigenvalue weighted by atomic mass is 15.4. The van der Waals surface area contributed by atoms with E-state index in [9.17, 15) is 0 Å². The standard InChI is InChI=1S/C12H18N4/c1-5-12(3,4)14-11-13-10-8-6-7-9(2)16(10)15-11/h6-8H,5H2,1-4H3,(H,14,15). The van der Waals surface area contributed by atoms with Crippen molar-refractivity contribution < 1.29 is 0 Å². The molecule has 16 heavy (non-hydrogen) atoms. The Hall–Kier alpha value is -1.58. The third-order valence-electron chi connectivity index (χ3n) is 2.88. The van der Waals surface area contributed by atoms with Crippen LogP contribution < -0.4 is 5.32 Å². The minimum Gasteiger partial charge on any atom is -0.348 e. The van der Waals surface area contributed by atoms with Crippen LogP contribution in [0.4, 0.5) is 5.95 Å². The molecule has 0 aliphatic carbocycles. The van der Waals surface area contributed by atoms with Crippen LogP contribution in [0.15, 0.2) is 18.2 Å². The predicted octanol–water partition coefficient (Wildman–Crippen LogP) is 2.64. The van der Waals surface area contributed by atoms with E-state index in [1.165, 1.54) is 0 Å². The summed E-state index contributed by atoms with van der Waals surface area (Å²) < 4.78 is 1.86. The summed E-state index contributed by atoms with van der Waals surface area (Å²) in [6, 6.07) is 5.98. The molecule has 0 amide bonds. The number of hydrogen-bond acceptors (Lipinski definition) is 3. The van der Waals surface area contributed by atoms with Crippen LogP contribution in [0.25, 0.3) is 5.65 Å². The Morgan fingerprint density at radius 3 is 2.75 bits per heavy atom. The zero-order valence-electron chi connectivity index (χ0n) is 10.3. The first-order valence-electron chi connectivity index (χ1n) is 5.62. The van der Waals surface area contributed by atoms with Gasteiger partial charge in [0.25, 0.3) is 0 Å². The lowest BCUT2D eigenvalue weighted by Crippen LogP contribution is -2.30. The normalized spacial score (nSPS) is 12.0. The van der Waals surface area contributed by atoms with Gasteiger partial charge < -0.3 is 5.32 Å². The quantitative estimate of drug-likeness (QED) is 0.861. The highest BCUT2D eigenvalue weighted by molar-refractivity contribution is 5.45. The molecular formula is C12H18N4. The topological polar surface area (TPSA) is 42.2 Å². The van der Waals surface area contributed by atoms with Crippen LogP contribution in [-0.4, -0.2) is 20.1 Å². The van der Waals surface area contributed by atoms with Gasteiger partial charge >= 0.3 is 0 Å². The second-order valence-electron chi connectivity index (χ2n) is 4.74. The summed E-state index contributed by atoms with van der Waals surface area (Å²) in [5, 5.41) is 7.78. The maximum atomic E-state index is 4.45. The summed E-state index contributed by atoms with van der Waals surface area (Å²) in [7, 11) is 0. The highest BCUT2D eigenvalue weighted by Crippen LogP contribution is 2.15. The molecule has 0 bridgehead atoms. The molecular weight excluding hydrogens is 200 g/mol. The van der Waals surface area contributed by atoms with Crippen LogP contribution in [0.3, 0.4) is 0 Å². The summed E-state index contributed by atoms with van der Waals surface area (Å²) >= 11 is 0. The summed E-state index contributed by atoms with van der Waals surface area (Å²) in [5.74, 6) is 0.696. The fourth-order valence-electron chi connectivity index (χ4n) is 1.48. The van der Waals surface area contributed by atoms with Gasteiger partial charge in [-0.25, -0.2) is 4.52 Å². The van der Waals surface area contributed by atoms with Gasteiger partial charge in [0.1, 0.15) is 0 Å². The van der Waals surface area contributed by atoms with Crippen LogP contribution in [0.1, 0.15) is 32.9 Å². The van der Waals surface area contributed by atoms with Gasteiger partial charge in [-0.1, -0.05) is 13.0 Å². The van der Waals surface area contributed by atoms with E-state index >= 15 is 0 Å². The Kier molecular flexibility index (Phi) is 2.58. The molecule has 2 aromatic heterocycles. The zero-order valence-corrected chi connectivity index (χ0v) is 10.3. The maximum absolute atomic E-state index is 4.45. The van der Waals surface area contributed by atoms with Crippen molar-refractivity contribution in [3.63, 3.8) is 0 Å². The molecule has 0 aromatic carbocycles. The second-order valence-corrected chi connectivity index (χ2v) is 4.74. The molecule has 0 fully saturated rings. The van der Waals surface area contributed by atoms with Gasteiger partial charge in [-0.05, 0) is 39.3 Å². The van der Waals surface area contributed by atoms with Crippen molar-refractivity contribution in [2.75, 3.05) is 5.32 Å². The summed E-state index contributed by atoms with van der Waals surface area (Å²) in [6.07, 6.45) is 1.03. The zero-order chi connectivity index (χ0) is 11.8. The first-order valence-corrected chi connectivity index (χ1v) is 5.62. The SMILES string of the molecule is CCC(C)(C)Nc1nc2cccc(C)n2n1. The number of nitrogens with zero attached hydrogens (tertiary/aromatic N) is 3. The van der Waals surface area contributed by atoms with Crippen molar-refractivity contribution in [2.24, 2.45) is 0 Å². The number of nitrogens with one attached hydrogen (secondary N) is 1. The van der Waals surface area contributed by atoms with E-state index in [4.69, 9.17) is 0 Å².